The molecule has 0 saturated heterocycles. The van der Waals surface area contributed by atoms with Gasteiger partial charge < -0.3 is 5.32 Å². The van der Waals surface area contributed by atoms with Crippen molar-refractivity contribution in [2.24, 2.45) is 9.98 Å². The first-order valence-electron chi connectivity index (χ1n) is 8.43. The number of hydrogen-bond donors (Lipinski definition) is 2. The number of Topliss-reactive ketones (excluding diaryl/α,β-unsaturated/α-hetero) is 1. The molecular weight excluding hydrogens is 360 g/mol. The second-order valence-electron chi connectivity index (χ2n) is 5.79. The number of terminal acetylenes is 1. The molecule has 2 N–H and O–H groups in total. The Labute approximate surface area is 162 Å². The number of nitrogens with zero attached hydrogens (tertiary/aromatic N) is 2. The zero-order valence-corrected chi connectivity index (χ0v) is 15.8. The fourth-order valence-electron chi connectivity index (χ4n) is 2.41. The van der Waals surface area contributed by atoms with E-state index >= 15 is 0 Å². The lowest BCUT2D eigenvalue weighted by molar-refractivity contribution is -0.115. The summed E-state index contributed by atoms with van der Waals surface area (Å²) < 4.78 is 0. The van der Waals surface area contributed by atoms with Crippen molar-refractivity contribution in [3.05, 3.63) is 41.5 Å². The van der Waals surface area contributed by atoms with Crippen LogP contribution in [0.15, 0.2) is 45.9 Å². The van der Waals surface area contributed by atoms with E-state index in [1.165, 1.54) is 18.0 Å². The number of amidine groups is 1. The average molecular weight is 380 g/mol. The van der Waals surface area contributed by atoms with Gasteiger partial charge in [-0.05, 0) is 36.8 Å². The highest BCUT2D eigenvalue weighted by Gasteiger charge is 2.15. The van der Waals surface area contributed by atoms with Crippen LogP contribution in [-0.4, -0.2) is 34.7 Å². The Balaban J connectivity index is 2.06. The molecule has 138 valence electrons. The van der Waals surface area contributed by atoms with Crippen molar-refractivity contribution in [1.82, 2.24) is 0 Å². The maximum Gasteiger partial charge on any atom is 0.346 e. The predicted molar refractivity (Wildman–Crippen MR) is 112 cm³/mol. The Hall–Kier alpha value is -2.98. The highest BCUT2D eigenvalue weighted by Crippen LogP contribution is 2.21. The van der Waals surface area contributed by atoms with Gasteiger partial charge in [-0.15, -0.1) is 6.42 Å². The molecule has 2 rings (SSSR count). The monoisotopic (exact) mass is 380 g/mol. The smallest absolute Gasteiger partial charge is 0.306 e. The molecule has 0 radical (unpaired) electrons. The zero-order chi connectivity index (χ0) is 19.6. The number of allylic oxidation sites excluding steroid dienone is 1. The van der Waals surface area contributed by atoms with Crippen molar-refractivity contribution in [1.29, 1.82) is 5.41 Å². The van der Waals surface area contributed by atoms with Crippen molar-refractivity contribution in [3.8, 4) is 12.3 Å². The van der Waals surface area contributed by atoms with Gasteiger partial charge in [0.15, 0.2) is 5.84 Å². The summed E-state index contributed by atoms with van der Waals surface area (Å²) in [6, 6.07) is 6.14. The highest BCUT2D eigenvalue weighted by atomic mass is 32.2. The van der Waals surface area contributed by atoms with Crippen molar-refractivity contribution >= 4 is 46.4 Å². The Kier molecular flexibility index (Phi) is 7.71. The minimum atomic E-state index is -0.507. The number of hydrogen-bond acceptors (Lipinski definition) is 4. The lowest BCUT2D eigenvalue weighted by Crippen LogP contribution is -2.09. The molecule has 1 aromatic carbocycles. The van der Waals surface area contributed by atoms with E-state index < -0.39 is 6.03 Å². The summed E-state index contributed by atoms with van der Waals surface area (Å²) in [6.07, 6.45) is 10.3. The normalized spacial score (nSPS) is 15.9. The molecule has 0 atom stereocenters. The number of carbonyl (C=O) groups is 2. The molecule has 1 aliphatic heterocycles. The van der Waals surface area contributed by atoms with Gasteiger partial charge in [-0.25, -0.2) is 9.79 Å². The van der Waals surface area contributed by atoms with Crippen molar-refractivity contribution in [3.63, 3.8) is 0 Å². The molecular formula is C20H20N4O2S. The summed E-state index contributed by atoms with van der Waals surface area (Å²) in [6.45, 7) is 2.05. The first-order chi connectivity index (χ1) is 13.0. The van der Waals surface area contributed by atoms with Crippen molar-refractivity contribution in [2.45, 2.75) is 26.2 Å². The molecule has 0 unspecified atom stereocenters. The van der Waals surface area contributed by atoms with E-state index in [2.05, 4.69) is 21.2 Å². The van der Waals surface area contributed by atoms with Crippen molar-refractivity contribution in [2.75, 3.05) is 11.1 Å². The molecule has 0 aromatic heterocycles. The maximum absolute atomic E-state index is 12.2. The van der Waals surface area contributed by atoms with Gasteiger partial charge in [0.2, 0.25) is 0 Å². The standard InChI is InChI=1S/C20H20N4O2S/c1-3-5-14-11-17(25)13-27-18(12-14)24-20(26)23-16-8-6-15(7-9-16)19(21)22-10-4-2/h2,6-10,12,21H,3,5,11,13H2,1H3,(H,23,26)/b21-19?,22-10?,24-18-. The maximum atomic E-state index is 12.2. The molecule has 0 fully saturated rings. The molecule has 0 saturated carbocycles. The van der Waals surface area contributed by atoms with Crippen LogP contribution in [0.1, 0.15) is 31.7 Å². The minimum absolute atomic E-state index is 0.0409. The van der Waals surface area contributed by atoms with Gasteiger partial charge >= 0.3 is 6.03 Å². The number of urea groups is 1. The van der Waals surface area contributed by atoms with Gasteiger partial charge in [-0.3, -0.25) is 10.2 Å². The number of aliphatic imine (C=N–C) groups is 2. The van der Waals surface area contributed by atoms with E-state index in [4.69, 9.17) is 11.8 Å². The van der Waals surface area contributed by atoms with E-state index in [1.54, 1.807) is 24.3 Å². The fraction of sp³-hybridized carbons (Fsp3) is 0.250. The van der Waals surface area contributed by atoms with Gasteiger partial charge in [0.05, 0.1) is 12.0 Å². The summed E-state index contributed by atoms with van der Waals surface area (Å²) in [5.74, 6) is 2.74. The Bertz CT molecular complexity index is 861. The van der Waals surface area contributed by atoms with Crippen LogP contribution in [0, 0.1) is 17.8 Å². The Morgan fingerprint density at radius 1 is 1.41 bits per heavy atom. The van der Waals surface area contributed by atoms with Crippen LogP contribution in [0.5, 0.6) is 0 Å². The van der Waals surface area contributed by atoms with Crippen LogP contribution in [0.2, 0.25) is 0 Å². The summed E-state index contributed by atoms with van der Waals surface area (Å²) >= 11 is 1.28. The SMILES string of the molecule is C#CC=NC(=N)c1ccc(NC(=O)/N=C2/C=C(CCC)CC(=O)CS2)cc1. The van der Waals surface area contributed by atoms with Crippen LogP contribution >= 0.6 is 11.8 Å². The highest BCUT2D eigenvalue weighted by molar-refractivity contribution is 8.14. The quantitative estimate of drug-likeness (QED) is 0.468. The first-order valence-corrected chi connectivity index (χ1v) is 9.41. The molecule has 0 spiro atoms. The Morgan fingerprint density at radius 2 is 2.15 bits per heavy atom. The van der Waals surface area contributed by atoms with Gasteiger partial charge in [0, 0.05) is 17.7 Å². The number of thioether (sulfide) groups is 1. The second kappa shape index (κ2) is 10.2. The third-order valence-electron chi connectivity index (χ3n) is 3.59. The van der Waals surface area contributed by atoms with Crippen LogP contribution in [0.25, 0.3) is 0 Å². The van der Waals surface area contributed by atoms with Crippen LogP contribution in [0.3, 0.4) is 0 Å². The molecule has 27 heavy (non-hydrogen) atoms. The van der Waals surface area contributed by atoms with E-state index in [9.17, 15) is 9.59 Å². The number of carbonyl (C=O) groups excluding carboxylic acids is 2. The molecule has 1 aliphatic rings. The summed E-state index contributed by atoms with van der Waals surface area (Å²) in [4.78, 5) is 31.8. The number of ketones is 1. The third-order valence-corrected chi connectivity index (χ3v) is 4.56. The molecule has 1 aromatic rings. The molecule has 6 nitrogen and oxygen atoms in total. The average Bonchev–Trinajstić information content (AvgIpc) is 2.81. The van der Waals surface area contributed by atoms with E-state index in [0.717, 1.165) is 18.4 Å². The largest absolute Gasteiger partial charge is 0.346 e. The molecule has 7 heteroatoms. The molecule has 0 aliphatic carbocycles. The van der Waals surface area contributed by atoms with Crippen LogP contribution in [-0.2, 0) is 4.79 Å². The lowest BCUT2D eigenvalue weighted by atomic mass is 10.1. The zero-order valence-electron chi connectivity index (χ0n) is 15.0. The first kappa shape index (κ1) is 20.3. The molecule has 1 heterocycles. The second-order valence-corrected chi connectivity index (χ2v) is 6.78. The van der Waals surface area contributed by atoms with Crippen LogP contribution < -0.4 is 5.32 Å². The fourth-order valence-corrected chi connectivity index (χ4v) is 3.22. The van der Waals surface area contributed by atoms with E-state index in [-0.39, 0.29) is 11.6 Å². The number of benzene rings is 1. The van der Waals surface area contributed by atoms with Gasteiger partial charge in [0.1, 0.15) is 10.8 Å². The summed E-state index contributed by atoms with van der Waals surface area (Å²) in [5, 5.41) is 11.0. The predicted octanol–water partition coefficient (Wildman–Crippen LogP) is 4.08. The lowest BCUT2D eigenvalue weighted by Gasteiger charge is -2.04. The Morgan fingerprint density at radius 3 is 2.81 bits per heavy atom. The number of nitrogens with one attached hydrogen (secondary N) is 2. The summed E-state index contributed by atoms with van der Waals surface area (Å²) in [5.41, 5.74) is 2.14. The van der Waals surface area contributed by atoms with Crippen molar-refractivity contribution < 1.29 is 9.59 Å². The molecule has 0 bridgehead atoms. The number of amides is 2. The van der Waals surface area contributed by atoms with E-state index in [1.807, 2.05) is 13.0 Å². The van der Waals surface area contributed by atoms with Crippen LogP contribution in [0.4, 0.5) is 10.5 Å². The van der Waals surface area contributed by atoms with Gasteiger partial charge in [-0.1, -0.05) is 36.6 Å². The van der Waals surface area contributed by atoms with Gasteiger partial charge in [0.25, 0.3) is 0 Å². The minimum Gasteiger partial charge on any atom is -0.306 e. The third kappa shape index (κ3) is 6.68. The topological polar surface area (TPSA) is 94.7 Å². The molecule has 2 amide bonds. The number of rotatable bonds is 4. The van der Waals surface area contributed by atoms with Gasteiger partial charge in [-0.2, -0.15) is 4.99 Å². The number of anilines is 1. The van der Waals surface area contributed by atoms with E-state index in [0.29, 0.717) is 28.5 Å². The summed E-state index contributed by atoms with van der Waals surface area (Å²) in [7, 11) is 0.